The molecule has 0 bridgehead atoms. The molecule has 184 valence electrons. The number of carbonyl (C=O) groups is 1. The maximum atomic E-state index is 13.2. The highest BCUT2D eigenvalue weighted by atomic mass is 19.4. The third kappa shape index (κ3) is 4.58. The van der Waals surface area contributed by atoms with Crippen LogP contribution in [0.5, 0.6) is 0 Å². The Morgan fingerprint density at radius 1 is 1.20 bits per heavy atom. The largest absolute Gasteiger partial charge is 0.401 e. The number of nitrogens with two attached hydrogens (primary N) is 1. The second-order valence-corrected chi connectivity index (χ2v) is 9.13. The number of alkyl halides is 3. The van der Waals surface area contributed by atoms with Gasteiger partial charge in [-0.25, -0.2) is 9.97 Å². The van der Waals surface area contributed by atoms with Gasteiger partial charge >= 0.3 is 6.18 Å². The molecule has 4 aromatic rings. The Bertz CT molecular complexity index is 1370. The van der Waals surface area contributed by atoms with Crippen LogP contribution in [0.4, 0.5) is 24.8 Å². The minimum Gasteiger partial charge on any atom is -0.382 e. The van der Waals surface area contributed by atoms with E-state index in [1.54, 1.807) is 18.3 Å². The molecular formula is C24H25F3N6O2. The lowest BCUT2D eigenvalue weighted by Crippen LogP contribution is -2.35. The summed E-state index contributed by atoms with van der Waals surface area (Å²) in [6.45, 7) is 6.05. The Labute approximate surface area is 199 Å². The van der Waals surface area contributed by atoms with Gasteiger partial charge in [0.05, 0.1) is 6.42 Å². The normalized spacial score (nSPS) is 12.5. The summed E-state index contributed by atoms with van der Waals surface area (Å²) >= 11 is 0. The number of carbonyl (C=O) groups excluding carboxylic acids is 1. The van der Waals surface area contributed by atoms with E-state index in [-0.39, 0.29) is 23.9 Å². The van der Waals surface area contributed by atoms with Crippen LogP contribution in [-0.2, 0) is 16.6 Å². The zero-order valence-electron chi connectivity index (χ0n) is 19.6. The molecule has 1 aromatic carbocycles. The molecule has 35 heavy (non-hydrogen) atoms. The number of nitrogen functional groups attached to an aromatic ring is 1. The van der Waals surface area contributed by atoms with Crippen molar-refractivity contribution in [1.82, 2.24) is 19.5 Å². The molecule has 0 spiro atoms. The van der Waals surface area contributed by atoms with Crippen LogP contribution >= 0.6 is 0 Å². The highest BCUT2D eigenvalue weighted by Gasteiger charge is 2.51. The molecule has 3 heterocycles. The van der Waals surface area contributed by atoms with Crippen LogP contribution in [0.1, 0.15) is 50.8 Å². The Kier molecular flexibility index (Phi) is 6.04. The van der Waals surface area contributed by atoms with Crippen LogP contribution in [0.15, 0.2) is 47.2 Å². The SMILES string of the molecule is CC(C)c1nc(-c2ccc(CC(=O)Nc3cc(C(C)(C)C(F)(F)F)on3)cc2)c2c(N)nccn12. The Morgan fingerprint density at radius 3 is 2.51 bits per heavy atom. The zero-order valence-corrected chi connectivity index (χ0v) is 19.6. The number of fused-ring (bicyclic) bond motifs is 1. The van der Waals surface area contributed by atoms with Gasteiger partial charge in [0.1, 0.15) is 28.3 Å². The van der Waals surface area contributed by atoms with Gasteiger partial charge in [-0.3, -0.25) is 9.20 Å². The highest BCUT2D eigenvalue weighted by molar-refractivity contribution is 5.91. The van der Waals surface area contributed by atoms with E-state index in [1.807, 2.05) is 36.6 Å². The lowest BCUT2D eigenvalue weighted by atomic mass is 9.89. The third-order valence-electron chi connectivity index (χ3n) is 5.82. The molecule has 4 rings (SSSR count). The summed E-state index contributed by atoms with van der Waals surface area (Å²) in [4.78, 5) is 21.4. The van der Waals surface area contributed by atoms with E-state index in [9.17, 15) is 18.0 Å². The van der Waals surface area contributed by atoms with Gasteiger partial charge in [-0.2, -0.15) is 13.2 Å². The van der Waals surface area contributed by atoms with Crippen molar-refractivity contribution in [2.45, 2.75) is 51.6 Å². The van der Waals surface area contributed by atoms with Crippen molar-refractivity contribution in [3.8, 4) is 11.3 Å². The molecule has 0 radical (unpaired) electrons. The predicted octanol–water partition coefficient (Wildman–Crippen LogP) is 5.11. The summed E-state index contributed by atoms with van der Waals surface area (Å²) < 4.78 is 46.3. The topological polar surface area (TPSA) is 111 Å². The van der Waals surface area contributed by atoms with Gasteiger partial charge in [-0.1, -0.05) is 43.3 Å². The Balaban J connectivity index is 1.50. The van der Waals surface area contributed by atoms with Crippen LogP contribution in [0.25, 0.3) is 16.8 Å². The number of aromatic nitrogens is 4. The standard InChI is InChI=1S/C24H25F3N6O2/c1-13(2)22-31-19(20-21(28)29-9-10-33(20)22)15-7-5-14(6-8-15)11-18(34)30-17-12-16(35-32-17)23(3,4)24(25,26)27/h5-10,12-13H,11H2,1-4H3,(H2,28,29)(H,30,32,34). The average molecular weight is 486 g/mol. The minimum atomic E-state index is -4.52. The van der Waals surface area contributed by atoms with E-state index in [0.29, 0.717) is 22.6 Å². The summed E-state index contributed by atoms with van der Waals surface area (Å²) in [5.41, 5.74) is 6.81. The Morgan fingerprint density at radius 2 is 1.89 bits per heavy atom. The number of nitrogens with zero attached hydrogens (tertiary/aromatic N) is 4. The van der Waals surface area contributed by atoms with Crippen molar-refractivity contribution >= 4 is 23.1 Å². The smallest absolute Gasteiger partial charge is 0.382 e. The van der Waals surface area contributed by atoms with Gasteiger partial charge < -0.3 is 15.6 Å². The minimum absolute atomic E-state index is 0.00395. The second-order valence-electron chi connectivity index (χ2n) is 9.13. The van der Waals surface area contributed by atoms with Crippen molar-refractivity contribution in [2.75, 3.05) is 11.1 Å². The number of anilines is 2. The molecular weight excluding hydrogens is 461 g/mol. The van der Waals surface area contributed by atoms with E-state index in [4.69, 9.17) is 15.2 Å². The molecule has 0 aliphatic rings. The summed E-state index contributed by atoms with van der Waals surface area (Å²) in [5, 5.41) is 6.03. The van der Waals surface area contributed by atoms with E-state index in [0.717, 1.165) is 31.3 Å². The number of hydrogen-bond donors (Lipinski definition) is 2. The lowest BCUT2D eigenvalue weighted by Gasteiger charge is -2.24. The number of hydrogen-bond acceptors (Lipinski definition) is 6. The fraction of sp³-hybridized carbons (Fsp3) is 0.333. The molecule has 0 aliphatic carbocycles. The quantitative estimate of drug-likeness (QED) is 0.392. The van der Waals surface area contributed by atoms with Gasteiger partial charge in [-0.15, -0.1) is 0 Å². The van der Waals surface area contributed by atoms with Crippen LogP contribution in [0.3, 0.4) is 0 Å². The van der Waals surface area contributed by atoms with Gasteiger partial charge in [0.2, 0.25) is 5.91 Å². The molecule has 1 amide bonds. The van der Waals surface area contributed by atoms with Gasteiger partial charge in [0, 0.05) is 29.9 Å². The number of nitrogens with one attached hydrogen (secondary N) is 1. The van der Waals surface area contributed by atoms with Crippen LogP contribution in [0.2, 0.25) is 0 Å². The van der Waals surface area contributed by atoms with Gasteiger partial charge in [-0.05, 0) is 19.4 Å². The summed E-state index contributed by atoms with van der Waals surface area (Å²) in [6.07, 6.45) is -1.08. The fourth-order valence-corrected chi connectivity index (χ4v) is 3.62. The van der Waals surface area contributed by atoms with Crippen molar-refractivity contribution in [3.63, 3.8) is 0 Å². The number of imidazole rings is 1. The first-order valence-corrected chi connectivity index (χ1v) is 10.9. The van der Waals surface area contributed by atoms with Crippen LogP contribution in [0, 0.1) is 0 Å². The monoisotopic (exact) mass is 486 g/mol. The van der Waals surface area contributed by atoms with Crippen molar-refractivity contribution in [3.05, 3.63) is 59.9 Å². The first-order chi connectivity index (χ1) is 16.4. The fourth-order valence-electron chi connectivity index (χ4n) is 3.62. The molecule has 3 aromatic heterocycles. The summed E-state index contributed by atoms with van der Waals surface area (Å²) in [7, 11) is 0. The average Bonchev–Trinajstić information content (AvgIpc) is 3.39. The molecule has 11 heteroatoms. The van der Waals surface area contributed by atoms with Crippen LogP contribution in [-0.4, -0.2) is 31.6 Å². The first kappa shape index (κ1) is 24.2. The number of halogens is 3. The lowest BCUT2D eigenvalue weighted by molar-refractivity contribution is -0.185. The van der Waals surface area contributed by atoms with E-state index in [2.05, 4.69) is 15.5 Å². The van der Waals surface area contributed by atoms with Gasteiger partial charge in [0.15, 0.2) is 11.6 Å². The number of rotatable bonds is 6. The molecule has 8 nitrogen and oxygen atoms in total. The van der Waals surface area contributed by atoms with Crippen molar-refractivity contribution < 1.29 is 22.5 Å². The maximum absolute atomic E-state index is 13.2. The molecule has 0 saturated heterocycles. The maximum Gasteiger partial charge on any atom is 0.401 e. The molecule has 3 N–H and O–H groups in total. The van der Waals surface area contributed by atoms with E-state index in [1.165, 1.54) is 0 Å². The third-order valence-corrected chi connectivity index (χ3v) is 5.82. The summed E-state index contributed by atoms with van der Waals surface area (Å²) in [5.74, 6) is 0.489. The molecule has 0 unspecified atom stereocenters. The Hall–Kier alpha value is -3.89. The van der Waals surface area contributed by atoms with Crippen LogP contribution < -0.4 is 11.1 Å². The molecule has 0 aliphatic heterocycles. The molecule has 0 fully saturated rings. The van der Waals surface area contributed by atoms with Gasteiger partial charge in [0.25, 0.3) is 0 Å². The number of benzene rings is 1. The highest BCUT2D eigenvalue weighted by Crippen LogP contribution is 2.41. The van der Waals surface area contributed by atoms with Crippen molar-refractivity contribution in [2.24, 2.45) is 0 Å². The van der Waals surface area contributed by atoms with E-state index >= 15 is 0 Å². The van der Waals surface area contributed by atoms with E-state index < -0.39 is 17.5 Å². The number of amides is 1. The summed E-state index contributed by atoms with van der Waals surface area (Å²) in [6, 6.07) is 8.32. The first-order valence-electron chi connectivity index (χ1n) is 10.9. The molecule has 0 atom stereocenters. The molecule has 0 saturated carbocycles. The van der Waals surface area contributed by atoms with Crippen molar-refractivity contribution in [1.29, 1.82) is 0 Å². The second kappa shape index (κ2) is 8.71. The zero-order chi connectivity index (χ0) is 25.5. The predicted molar refractivity (Wildman–Crippen MR) is 125 cm³/mol.